The molecule has 0 radical (unpaired) electrons. The maximum atomic E-state index is 9.20. The Morgan fingerprint density at radius 3 is 2.50 bits per heavy atom. The minimum atomic E-state index is -0.575. The number of hydrogen-bond acceptors (Lipinski definition) is 2. The number of nitrogens with one attached hydrogen (secondary N) is 1. The Morgan fingerprint density at radius 1 is 1.75 bits per heavy atom. The van der Waals surface area contributed by atoms with Gasteiger partial charge in [0, 0.05) is 19.5 Å². The van der Waals surface area contributed by atoms with Gasteiger partial charge in [-0.25, -0.2) is 0 Å². The predicted octanol–water partition coefficient (Wildman–Crippen LogP) is -0.656. The Morgan fingerprint density at radius 2 is 2.38 bits per heavy atom. The van der Waals surface area contributed by atoms with Crippen molar-refractivity contribution in [3.8, 4) is 12.3 Å². The van der Waals surface area contributed by atoms with Crippen LogP contribution in [0.15, 0.2) is 0 Å². The molecule has 0 aromatic carbocycles. The van der Waals surface area contributed by atoms with Crippen molar-refractivity contribution in [1.82, 2.24) is 5.32 Å². The van der Waals surface area contributed by atoms with Gasteiger partial charge in [0.15, 0.2) is 0 Å². The first-order chi connectivity index (χ1) is 3.77. The SMILES string of the molecule is C#CCC1(O)CNC1. The van der Waals surface area contributed by atoms with E-state index in [0.717, 1.165) is 0 Å². The second-order valence-corrected chi connectivity index (χ2v) is 2.21. The number of β-amino-alcohol motifs (C(OH)–C–C–N with tert-alkyl or cyclic N) is 1. The zero-order valence-corrected chi connectivity index (χ0v) is 4.65. The summed E-state index contributed by atoms with van der Waals surface area (Å²) < 4.78 is 0. The molecule has 2 heteroatoms. The molecule has 0 amide bonds. The van der Waals surface area contributed by atoms with E-state index in [4.69, 9.17) is 6.42 Å². The van der Waals surface area contributed by atoms with Gasteiger partial charge < -0.3 is 10.4 Å². The van der Waals surface area contributed by atoms with Crippen molar-refractivity contribution >= 4 is 0 Å². The van der Waals surface area contributed by atoms with Gasteiger partial charge in [-0.1, -0.05) is 0 Å². The topological polar surface area (TPSA) is 32.3 Å². The predicted molar refractivity (Wildman–Crippen MR) is 31.3 cm³/mol. The Labute approximate surface area is 48.9 Å². The molecule has 8 heavy (non-hydrogen) atoms. The van der Waals surface area contributed by atoms with Crippen molar-refractivity contribution in [2.24, 2.45) is 0 Å². The largest absolute Gasteiger partial charge is 0.386 e. The highest BCUT2D eigenvalue weighted by molar-refractivity contribution is 5.02. The Hall–Kier alpha value is -0.520. The number of rotatable bonds is 1. The summed E-state index contributed by atoms with van der Waals surface area (Å²) >= 11 is 0. The molecule has 0 aliphatic carbocycles. The molecule has 0 unspecified atom stereocenters. The van der Waals surface area contributed by atoms with Gasteiger partial charge in [-0.3, -0.25) is 0 Å². The van der Waals surface area contributed by atoms with Gasteiger partial charge in [-0.2, -0.15) is 0 Å². The van der Waals surface area contributed by atoms with Crippen LogP contribution in [0.5, 0.6) is 0 Å². The van der Waals surface area contributed by atoms with Crippen LogP contribution in [-0.4, -0.2) is 23.8 Å². The van der Waals surface area contributed by atoms with Gasteiger partial charge in [-0.05, 0) is 0 Å². The lowest BCUT2D eigenvalue weighted by molar-refractivity contribution is -0.00460. The summed E-state index contributed by atoms with van der Waals surface area (Å²) in [5, 5.41) is 12.1. The van der Waals surface area contributed by atoms with Crippen molar-refractivity contribution in [2.45, 2.75) is 12.0 Å². The highest BCUT2D eigenvalue weighted by Gasteiger charge is 2.32. The van der Waals surface area contributed by atoms with Crippen LogP contribution in [0.25, 0.3) is 0 Å². The van der Waals surface area contributed by atoms with Gasteiger partial charge in [0.25, 0.3) is 0 Å². The molecule has 1 heterocycles. The summed E-state index contributed by atoms with van der Waals surface area (Å²) in [6.07, 6.45) is 5.46. The lowest BCUT2D eigenvalue weighted by Gasteiger charge is -2.35. The smallest absolute Gasteiger partial charge is 0.100 e. The minimum Gasteiger partial charge on any atom is -0.386 e. The third-order valence-corrected chi connectivity index (χ3v) is 1.34. The van der Waals surface area contributed by atoms with Gasteiger partial charge in [0.1, 0.15) is 5.60 Å². The molecular formula is C6H9NO. The molecule has 0 aromatic rings. The zero-order valence-electron chi connectivity index (χ0n) is 4.65. The molecule has 2 N–H and O–H groups in total. The maximum Gasteiger partial charge on any atom is 0.100 e. The summed E-state index contributed by atoms with van der Waals surface area (Å²) in [5.41, 5.74) is -0.575. The van der Waals surface area contributed by atoms with Crippen LogP contribution >= 0.6 is 0 Å². The van der Waals surface area contributed by atoms with E-state index in [2.05, 4.69) is 11.2 Å². The molecule has 0 spiro atoms. The van der Waals surface area contributed by atoms with Crippen molar-refractivity contribution in [3.63, 3.8) is 0 Å². The fourth-order valence-corrected chi connectivity index (χ4v) is 0.729. The maximum absolute atomic E-state index is 9.20. The second kappa shape index (κ2) is 1.77. The van der Waals surface area contributed by atoms with Gasteiger partial charge in [0.05, 0.1) is 0 Å². The molecule has 0 aromatic heterocycles. The molecule has 44 valence electrons. The summed E-state index contributed by atoms with van der Waals surface area (Å²) in [6.45, 7) is 1.30. The molecule has 1 rings (SSSR count). The van der Waals surface area contributed by atoms with Gasteiger partial charge in [0.2, 0.25) is 0 Å². The standard InChI is InChI=1S/C6H9NO/c1-2-3-6(8)4-7-5-6/h1,7-8H,3-5H2. The van der Waals surface area contributed by atoms with Gasteiger partial charge in [-0.15, -0.1) is 12.3 Å². The van der Waals surface area contributed by atoms with E-state index in [1.165, 1.54) is 0 Å². The van der Waals surface area contributed by atoms with E-state index >= 15 is 0 Å². The lowest BCUT2D eigenvalue weighted by atomic mass is 9.94. The van der Waals surface area contributed by atoms with Gasteiger partial charge >= 0.3 is 0 Å². The normalized spacial score (nSPS) is 23.5. The Kier molecular flexibility index (Phi) is 1.24. The molecule has 1 saturated heterocycles. The molecule has 0 bridgehead atoms. The summed E-state index contributed by atoms with van der Waals surface area (Å²) in [4.78, 5) is 0. The summed E-state index contributed by atoms with van der Waals surface area (Å²) in [6, 6.07) is 0. The number of terminal acetylenes is 1. The molecule has 0 saturated carbocycles. The number of hydrogen-bond donors (Lipinski definition) is 2. The van der Waals surface area contributed by atoms with Crippen LogP contribution in [0.3, 0.4) is 0 Å². The van der Waals surface area contributed by atoms with E-state index in [9.17, 15) is 5.11 Å². The first-order valence-corrected chi connectivity index (χ1v) is 2.63. The highest BCUT2D eigenvalue weighted by atomic mass is 16.3. The molecule has 2 nitrogen and oxygen atoms in total. The summed E-state index contributed by atoms with van der Waals surface area (Å²) in [7, 11) is 0. The molecular weight excluding hydrogens is 102 g/mol. The van der Waals surface area contributed by atoms with Crippen LogP contribution in [0.1, 0.15) is 6.42 Å². The monoisotopic (exact) mass is 111 g/mol. The van der Waals surface area contributed by atoms with Crippen LogP contribution in [0, 0.1) is 12.3 Å². The van der Waals surface area contributed by atoms with Crippen molar-refractivity contribution in [1.29, 1.82) is 0 Å². The first-order valence-electron chi connectivity index (χ1n) is 2.63. The van der Waals surface area contributed by atoms with Crippen LogP contribution < -0.4 is 5.32 Å². The van der Waals surface area contributed by atoms with E-state index in [1.54, 1.807) is 0 Å². The van der Waals surface area contributed by atoms with Crippen LogP contribution in [-0.2, 0) is 0 Å². The van der Waals surface area contributed by atoms with E-state index in [1.807, 2.05) is 0 Å². The molecule has 1 aliphatic heterocycles. The lowest BCUT2D eigenvalue weighted by Crippen LogP contribution is -2.59. The highest BCUT2D eigenvalue weighted by Crippen LogP contribution is 2.13. The average Bonchev–Trinajstić information content (AvgIpc) is 1.64. The number of aliphatic hydroxyl groups is 1. The first kappa shape index (κ1) is 5.61. The average molecular weight is 111 g/mol. The third kappa shape index (κ3) is 0.835. The van der Waals surface area contributed by atoms with Crippen molar-refractivity contribution < 1.29 is 5.11 Å². The van der Waals surface area contributed by atoms with E-state index < -0.39 is 5.60 Å². The van der Waals surface area contributed by atoms with Crippen LogP contribution in [0.4, 0.5) is 0 Å². The zero-order chi connectivity index (χ0) is 6.04. The van der Waals surface area contributed by atoms with Crippen molar-refractivity contribution in [2.75, 3.05) is 13.1 Å². The molecule has 1 fully saturated rings. The van der Waals surface area contributed by atoms with Crippen molar-refractivity contribution in [3.05, 3.63) is 0 Å². The summed E-state index contributed by atoms with van der Waals surface area (Å²) in [5.74, 6) is 2.42. The second-order valence-electron chi connectivity index (χ2n) is 2.21. The fraction of sp³-hybridized carbons (Fsp3) is 0.667. The molecule has 0 atom stereocenters. The quantitative estimate of drug-likeness (QED) is 0.440. The molecule has 1 aliphatic rings. The Balaban J connectivity index is 2.33. The van der Waals surface area contributed by atoms with E-state index in [-0.39, 0.29) is 0 Å². The minimum absolute atomic E-state index is 0.472. The Bertz CT molecular complexity index is 121. The fourth-order valence-electron chi connectivity index (χ4n) is 0.729. The third-order valence-electron chi connectivity index (χ3n) is 1.34. The van der Waals surface area contributed by atoms with E-state index in [0.29, 0.717) is 19.5 Å². The van der Waals surface area contributed by atoms with Crippen LogP contribution in [0.2, 0.25) is 0 Å².